The number of aliphatic imine (C=N–C) groups is 1. The molecule has 2 rings (SSSR count). The minimum atomic E-state index is -2.81. The monoisotopic (exact) mass is 457 g/mol. The number of nitrogens with one attached hydrogen (secondary N) is 2. The first-order chi connectivity index (χ1) is 10.3. The highest BCUT2D eigenvalue weighted by atomic mass is 127. The van der Waals surface area contributed by atoms with E-state index in [-0.39, 0.29) is 29.9 Å². The molecule has 0 aromatic carbocycles. The van der Waals surface area contributed by atoms with Gasteiger partial charge in [-0.1, -0.05) is 19.8 Å². The van der Waals surface area contributed by atoms with Crippen molar-refractivity contribution in [3.8, 4) is 0 Å². The normalized spacial score (nSPS) is 30.8. The first-order valence-corrected chi connectivity index (χ1v) is 10.4. The van der Waals surface area contributed by atoms with Gasteiger partial charge in [0, 0.05) is 18.6 Å². The summed E-state index contributed by atoms with van der Waals surface area (Å²) in [7, 11) is -2.81. The topological polar surface area (TPSA) is 70.6 Å². The van der Waals surface area contributed by atoms with Crippen LogP contribution in [0.15, 0.2) is 4.99 Å². The Hall–Kier alpha value is -0.0500. The van der Waals surface area contributed by atoms with E-state index in [4.69, 9.17) is 0 Å². The van der Waals surface area contributed by atoms with Crippen molar-refractivity contribution in [3.05, 3.63) is 0 Å². The van der Waals surface area contributed by atoms with Crippen molar-refractivity contribution in [2.75, 3.05) is 18.1 Å². The van der Waals surface area contributed by atoms with Crippen molar-refractivity contribution in [2.24, 2.45) is 16.8 Å². The molecular formula is C16H32IN3O2S. The van der Waals surface area contributed by atoms with E-state index in [0.717, 1.165) is 18.3 Å². The van der Waals surface area contributed by atoms with Gasteiger partial charge in [0.1, 0.15) is 0 Å². The van der Waals surface area contributed by atoms with E-state index in [2.05, 4.69) is 36.4 Å². The Morgan fingerprint density at radius 3 is 2.57 bits per heavy atom. The van der Waals surface area contributed by atoms with E-state index in [1.807, 2.05) is 0 Å². The molecule has 2 fully saturated rings. The van der Waals surface area contributed by atoms with Crippen LogP contribution in [0.4, 0.5) is 0 Å². The van der Waals surface area contributed by atoms with Crippen molar-refractivity contribution >= 4 is 39.8 Å². The van der Waals surface area contributed by atoms with E-state index in [1.54, 1.807) is 0 Å². The van der Waals surface area contributed by atoms with Gasteiger partial charge < -0.3 is 10.6 Å². The highest BCUT2D eigenvalue weighted by Gasteiger charge is 2.27. The molecule has 23 heavy (non-hydrogen) atoms. The smallest absolute Gasteiger partial charge is 0.191 e. The molecule has 0 aromatic rings. The molecule has 5 nitrogen and oxygen atoms in total. The maximum atomic E-state index is 11.5. The Morgan fingerprint density at radius 1 is 1.26 bits per heavy atom. The van der Waals surface area contributed by atoms with Crippen LogP contribution in [0.25, 0.3) is 0 Å². The lowest BCUT2D eigenvalue weighted by Crippen LogP contribution is -2.47. The molecule has 7 heteroatoms. The molecule has 136 valence electrons. The zero-order chi connectivity index (χ0) is 16.2. The minimum Gasteiger partial charge on any atom is -0.354 e. The Morgan fingerprint density at radius 2 is 2.00 bits per heavy atom. The molecule has 2 aliphatic rings. The van der Waals surface area contributed by atoms with Gasteiger partial charge in [-0.2, -0.15) is 0 Å². The van der Waals surface area contributed by atoms with Crippen molar-refractivity contribution in [1.29, 1.82) is 0 Å². The summed E-state index contributed by atoms with van der Waals surface area (Å²) in [5.74, 6) is 2.42. The van der Waals surface area contributed by atoms with Gasteiger partial charge in [0.2, 0.25) is 0 Å². The zero-order valence-electron chi connectivity index (χ0n) is 14.5. The molecule has 1 aliphatic carbocycles. The quantitative estimate of drug-likeness (QED) is 0.387. The van der Waals surface area contributed by atoms with Crippen LogP contribution in [0.2, 0.25) is 0 Å². The average Bonchev–Trinajstić information content (AvgIpc) is 2.75. The molecule has 1 heterocycles. The van der Waals surface area contributed by atoms with E-state index >= 15 is 0 Å². The van der Waals surface area contributed by atoms with Crippen LogP contribution in [-0.2, 0) is 9.84 Å². The third-order valence-electron chi connectivity index (χ3n) is 4.54. The first kappa shape index (κ1) is 21.0. The fraction of sp³-hybridized carbons (Fsp3) is 0.938. The fourth-order valence-electron chi connectivity index (χ4n) is 3.40. The summed E-state index contributed by atoms with van der Waals surface area (Å²) in [5, 5.41) is 6.93. The van der Waals surface area contributed by atoms with Gasteiger partial charge in [-0.25, -0.2) is 8.42 Å². The number of hydrogen-bond donors (Lipinski definition) is 2. The van der Waals surface area contributed by atoms with Crippen LogP contribution in [0.3, 0.4) is 0 Å². The summed E-state index contributed by atoms with van der Waals surface area (Å²) in [4.78, 5) is 4.66. The highest BCUT2D eigenvalue weighted by molar-refractivity contribution is 14.0. The number of nitrogens with zero attached hydrogens (tertiary/aromatic N) is 1. The summed E-state index contributed by atoms with van der Waals surface area (Å²) in [6.07, 6.45) is 5.73. The standard InChI is InChI=1S/C16H31N3O2S.HI/c1-12(2)18-16(19-15-6-4-5-13(3)9-15)17-10-14-7-8-22(20,21)11-14;/h12-15H,4-11H2,1-3H3,(H2,17,18,19);1H. The summed E-state index contributed by atoms with van der Waals surface area (Å²) in [6.45, 7) is 7.11. The molecule has 0 spiro atoms. The number of halogens is 1. The first-order valence-electron chi connectivity index (χ1n) is 8.62. The lowest BCUT2D eigenvalue weighted by Gasteiger charge is -2.29. The predicted molar refractivity (Wildman–Crippen MR) is 107 cm³/mol. The summed E-state index contributed by atoms with van der Waals surface area (Å²) in [5.41, 5.74) is 0. The summed E-state index contributed by atoms with van der Waals surface area (Å²) < 4.78 is 23.1. The SMILES string of the molecule is CC1CCCC(NC(=NCC2CCS(=O)(=O)C2)NC(C)C)C1.I. The van der Waals surface area contributed by atoms with Gasteiger partial charge in [0.25, 0.3) is 0 Å². The highest BCUT2D eigenvalue weighted by Crippen LogP contribution is 2.23. The lowest BCUT2D eigenvalue weighted by atomic mass is 9.87. The van der Waals surface area contributed by atoms with Crippen LogP contribution < -0.4 is 10.6 Å². The summed E-state index contributed by atoms with van der Waals surface area (Å²) in [6, 6.07) is 0.806. The number of guanidine groups is 1. The van der Waals surface area contributed by atoms with Crippen molar-refractivity contribution in [1.82, 2.24) is 10.6 Å². The van der Waals surface area contributed by atoms with E-state index in [9.17, 15) is 8.42 Å². The predicted octanol–water partition coefficient (Wildman–Crippen LogP) is 2.56. The molecule has 3 atom stereocenters. The fourth-order valence-corrected chi connectivity index (χ4v) is 5.25. The van der Waals surface area contributed by atoms with Crippen molar-refractivity contribution in [2.45, 2.75) is 65.0 Å². The number of rotatable bonds is 4. The van der Waals surface area contributed by atoms with E-state index < -0.39 is 9.84 Å². The number of sulfone groups is 1. The zero-order valence-corrected chi connectivity index (χ0v) is 17.7. The molecular weight excluding hydrogens is 425 g/mol. The molecule has 0 aromatic heterocycles. The molecule has 0 bridgehead atoms. The van der Waals surface area contributed by atoms with Gasteiger partial charge in [-0.15, -0.1) is 24.0 Å². The lowest BCUT2D eigenvalue weighted by molar-refractivity contribution is 0.323. The van der Waals surface area contributed by atoms with Crippen molar-refractivity contribution in [3.63, 3.8) is 0 Å². The molecule has 2 N–H and O–H groups in total. The second-order valence-electron chi connectivity index (χ2n) is 7.37. The van der Waals surface area contributed by atoms with Crippen LogP contribution in [0.5, 0.6) is 0 Å². The largest absolute Gasteiger partial charge is 0.354 e. The number of hydrogen-bond acceptors (Lipinski definition) is 3. The molecule has 1 saturated heterocycles. The summed E-state index contributed by atoms with van der Waals surface area (Å²) >= 11 is 0. The van der Waals surface area contributed by atoms with Crippen LogP contribution >= 0.6 is 24.0 Å². The van der Waals surface area contributed by atoms with E-state index in [0.29, 0.717) is 30.1 Å². The molecule has 0 amide bonds. The third-order valence-corrected chi connectivity index (χ3v) is 6.37. The van der Waals surface area contributed by atoms with Gasteiger partial charge >= 0.3 is 0 Å². The van der Waals surface area contributed by atoms with Crippen LogP contribution in [-0.4, -0.2) is 44.5 Å². The second-order valence-corrected chi connectivity index (χ2v) is 9.60. The minimum absolute atomic E-state index is 0. The van der Waals surface area contributed by atoms with Gasteiger partial charge in [-0.3, -0.25) is 4.99 Å². The second kappa shape index (κ2) is 9.44. The Balaban J connectivity index is 0.00000264. The Bertz CT molecular complexity index is 494. The maximum Gasteiger partial charge on any atom is 0.191 e. The van der Waals surface area contributed by atoms with Crippen LogP contribution in [0, 0.1) is 11.8 Å². The van der Waals surface area contributed by atoms with Gasteiger partial charge in [-0.05, 0) is 44.9 Å². The molecule has 1 aliphatic heterocycles. The maximum absolute atomic E-state index is 11.5. The Kier molecular flexibility index (Phi) is 8.61. The molecule has 1 saturated carbocycles. The van der Waals surface area contributed by atoms with Gasteiger partial charge in [0.05, 0.1) is 11.5 Å². The van der Waals surface area contributed by atoms with E-state index in [1.165, 1.54) is 25.7 Å². The Labute approximate surface area is 158 Å². The molecule has 0 radical (unpaired) electrons. The van der Waals surface area contributed by atoms with Gasteiger partial charge in [0.15, 0.2) is 15.8 Å². The van der Waals surface area contributed by atoms with Crippen LogP contribution in [0.1, 0.15) is 52.9 Å². The third kappa shape index (κ3) is 7.58. The molecule has 3 unspecified atom stereocenters. The average molecular weight is 457 g/mol. The van der Waals surface area contributed by atoms with Crippen molar-refractivity contribution < 1.29 is 8.42 Å².